The van der Waals surface area contributed by atoms with Crippen LogP contribution in [0.1, 0.15) is 27.7 Å². The molecule has 0 aliphatic rings. The highest BCUT2D eigenvalue weighted by Crippen LogP contribution is 2.30. The number of carboxylic acid groups (broad SMARTS) is 1. The van der Waals surface area contributed by atoms with Gasteiger partial charge in [0.05, 0.1) is 17.5 Å². The standard InChI is InChI=1S/C13H22N4O3/c1-12(2,10(18)19)13(3,4)16-11(20)14-7-9-17-8-5-6-15-17/h5-6,8H,7,9H2,1-4H3,(H,18,19)(H2,14,16,20). The molecule has 0 radical (unpaired) electrons. The van der Waals surface area contributed by atoms with Gasteiger partial charge in [0.15, 0.2) is 0 Å². The van der Waals surface area contributed by atoms with Crippen LogP contribution in [0.3, 0.4) is 0 Å². The van der Waals surface area contributed by atoms with Gasteiger partial charge < -0.3 is 15.7 Å². The van der Waals surface area contributed by atoms with Gasteiger partial charge in [-0.25, -0.2) is 4.79 Å². The summed E-state index contributed by atoms with van der Waals surface area (Å²) in [6, 6.07) is 1.41. The Morgan fingerprint density at radius 3 is 2.45 bits per heavy atom. The lowest BCUT2D eigenvalue weighted by Gasteiger charge is -2.38. The molecule has 2 amide bonds. The lowest BCUT2D eigenvalue weighted by Crippen LogP contribution is -2.59. The van der Waals surface area contributed by atoms with E-state index < -0.39 is 23.0 Å². The van der Waals surface area contributed by atoms with E-state index in [0.717, 1.165) is 0 Å². The number of hydrogen-bond donors (Lipinski definition) is 3. The van der Waals surface area contributed by atoms with Crippen molar-refractivity contribution in [2.75, 3.05) is 6.54 Å². The summed E-state index contributed by atoms with van der Waals surface area (Å²) in [7, 11) is 0. The van der Waals surface area contributed by atoms with Crippen LogP contribution in [0.5, 0.6) is 0 Å². The fourth-order valence-electron chi connectivity index (χ4n) is 1.47. The molecule has 0 bridgehead atoms. The number of aromatic nitrogens is 2. The third-order valence-corrected chi connectivity index (χ3v) is 3.71. The third kappa shape index (κ3) is 3.72. The molecule has 0 aliphatic carbocycles. The van der Waals surface area contributed by atoms with E-state index in [2.05, 4.69) is 15.7 Å². The zero-order chi connectivity index (χ0) is 15.4. The van der Waals surface area contributed by atoms with E-state index in [4.69, 9.17) is 0 Å². The molecule has 1 aromatic rings. The molecule has 7 heteroatoms. The third-order valence-electron chi connectivity index (χ3n) is 3.71. The second-order valence-electron chi connectivity index (χ2n) is 5.71. The summed E-state index contributed by atoms with van der Waals surface area (Å²) < 4.78 is 1.70. The Hall–Kier alpha value is -2.05. The zero-order valence-electron chi connectivity index (χ0n) is 12.3. The van der Waals surface area contributed by atoms with Crippen molar-refractivity contribution in [3.63, 3.8) is 0 Å². The number of carbonyl (C=O) groups excluding carboxylic acids is 1. The van der Waals surface area contributed by atoms with Crippen molar-refractivity contribution >= 4 is 12.0 Å². The van der Waals surface area contributed by atoms with Crippen LogP contribution in [-0.4, -0.2) is 39.0 Å². The van der Waals surface area contributed by atoms with Crippen LogP contribution in [-0.2, 0) is 11.3 Å². The minimum absolute atomic E-state index is 0.392. The van der Waals surface area contributed by atoms with Crippen LogP contribution in [0.25, 0.3) is 0 Å². The molecule has 0 aliphatic heterocycles. The summed E-state index contributed by atoms with van der Waals surface area (Å²) in [5.74, 6) is -0.959. The number of hydrogen-bond acceptors (Lipinski definition) is 3. The van der Waals surface area contributed by atoms with E-state index in [1.165, 1.54) is 0 Å². The van der Waals surface area contributed by atoms with Crippen molar-refractivity contribution in [1.82, 2.24) is 20.4 Å². The summed E-state index contributed by atoms with van der Waals surface area (Å²) in [6.45, 7) is 7.52. The number of urea groups is 1. The first kappa shape index (κ1) is 16.0. The van der Waals surface area contributed by atoms with Crippen LogP contribution in [0.15, 0.2) is 18.5 Å². The van der Waals surface area contributed by atoms with Crippen molar-refractivity contribution in [3.8, 4) is 0 Å². The van der Waals surface area contributed by atoms with E-state index in [9.17, 15) is 14.7 Å². The number of aliphatic carboxylic acids is 1. The fraction of sp³-hybridized carbons (Fsp3) is 0.615. The largest absolute Gasteiger partial charge is 0.481 e. The Labute approximate surface area is 118 Å². The first-order valence-electron chi connectivity index (χ1n) is 6.43. The van der Waals surface area contributed by atoms with Gasteiger partial charge in [-0.3, -0.25) is 9.48 Å². The van der Waals surface area contributed by atoms with E-state index in [1.54, 1.807) is 50.8 Å². The molecule has 1 heterocycles. The maximum atomic E-state index is 11.8. The quantitative estimate of drug-likeness (QED) is 0.727. The van der Waals surface area contributed by atoms with Gasteiger partial charge in [-0.1, -0.05) is 0 Å². The normalized spacial score (nSPS) is 12.0. The predicted molar refractivity (Wildman–Crippen MR) is 74.3 cm³/mol. The summed E-state index contributed by atoms with van der Waals surface area (Å²) in [4.78, 5) is 23.0. The van der Waals surface area contributed by atoms with Crippen molar-refractivity contribution in [1.29, 1.82) is 0 Å². The molecular weight excluding hydrogens is 260 g/mol. The van der Waals surface area contributed by atoms with Gasteiger partial charge in [-0.2, -0.15) is 5.10 Å². The Kier molecular flexibility index (Phi) is 4.75. The van der Waals surface area contributed by atoms with Crippen molar-refractivity contribution in [2.45, 2.75) is 39.8 Å². The Balaban J connectivity index is 2.47. The summed E-state index contributed by atoms with van der Waals surface area (Å²) in [6.07, 6.45) is 3.47. The molecule has 7 nitrogen and oxygen atoms in total. The number of carboxylic acids is 1. The molecule has 0 aromatic carbocycles. The van der Waals surface area contributed by atoms with E-state index in [1.807, 2.05) is 0 Å². The summed E-state index contributed by atoms with van der Waals surface area (Å²) in [5, 5.41) is 18.6. The maximum absolute atomic E-state index is 11.8. The van der Waals surface area contributed by atoms with Gasteiger partial charge in [-0.15, -0.1) is 0 Å². The SMILES string of the molecule is CC(C)(NC(=O)NCCn1cccn1)C(C)(C)C(=O)O. The average Bonchev–Trinajstić information content (AvgIpc) is 2.80. The van der Waals surface area contributed by atoms with E-state index in [0.29, 0.717) is 13.1 Å². The van der Waals surface area contributed by atoms with Crippen LogP contribution < -0.4 is 10.6 Å². The van der Waals surface area contributed by atoms with Crippen LogP contribution >= 0.6 is 0 Å². The molecule has 0 fully saturated rings. The predicted octanol–water partition coefficient (Wildman–Crippen LogP) is 1.07. The number of amides is 2. The van der Waals surface area contributed by atoms with Gasteiger partial charge in [0, 0.05) is 18.9 Å². The molecule has 3 N–H and O–H groups in total. The Morgan fingerprint density at radius 2 is 1.95 bits per heavy atom. The van der Waals surface area contributed by atoms with Gasteiger partial charge >= 0.3 is 12.0 Å². The summed E-state index contributed by atoms with van der Waals surface area (Å²) in [5.41, 5.74) is -1.96. The minimum Gasteiger partial charge on any atom is -0.481 e. The molecule has 20 heavy (non-hydrogen) atoms. The topological polar surface area (TPSA) is 96.3 Å². The second kappa shape index (κ2) is 5.94. The molecular formula is C13H22N4O3. The van der Waals surface area contributed by atoms with Crippen LogP contribution in [0.4, 0.5) is 4.79 Å². The highest BCUT2D eigenvalue weighted by molar-refractivity contribution is 5.79. The molecule has 1 aromatic heterocycles. The smallest absolute Gasteiger partial charge is 0.315 e. The Morgan fingerprint density at radius 1 is 1.30 bits per heavy atom. The molecule has 0 saturated heterocycles. The Bertz CT molecular complexity index is 466. The number of carbonyl (C=O) groups is 2. The molecule has 112 valence electrons. The fourth-order valence-corrected chi connectivity index (χ4v) is 1.47. The lowest BCUT2D eigenvalue weighted by molar-refractivity contribution is -0.150. The van der Waals surface area contributed by atoms with Gasteiger partial charge in [0.2, 0.25) is 0 Å². The molecule has 0 saturated carbocycles. The highest BCUT2D eigenvalue weighted by atomic mass is 16.4. The van der Waals surface area contributed by atoms with Gasteiger partial charge in [0.1, 0.15) is 0 Å². The lowest BCUT2D eigenvalue weighted by atomic mass is 9.74. The maximum Gasteiger partial charge on any atom is 0.315 e. The van der Waals surface area contributed by atoms with Crippen LogP contribution in [0, 0.1) is 5.41 Å². The molecule has 1 rings (SSSR count). The molecule has 0 spiro atoms. The summed E-state index contributed by atoms with van der Waals surface area (Å²) >= 11 is 0. The van der Waals surface area contributed by atoms with Crippen molar-refractivity contribution in [3.05, 3.63) is 18.5 Å². The first-order valence-corrected chi connectivity index (χ1v) is 6.43. The van der Waals surface area contributed by atoms with Gasteiger partial charge in [-0.05, 0) is 33.8 Å². The zero-order valence-corrected chi connectivity index (χ0v) is 12.3. The number of rotatable bonds is 6. The van der Waals surface area contributed by atoms with E-state index in [-0.39, 0.29) is 0 Å². The van der Waals surface area contributed by atoms with Crippen molar-refractivity contribution in [2.24, 2.45) is 5.41 Å². The van der Waals surface area contributed by atoms with E-state index >= 15 is 0 Å². The molecule has 0 unspecified atom stereocenters. The first-order chi connectivity index (χ1) is 9.17. The number of nitrogens with zero attached hydrogens (tertiary/aromatic N) is 2. The second-order valence-corrected chi connectivity index (χ2v) is 5.71. The number of nitrogens with one attached hydrogen (secondary N) is 2. The highest BCUT2D eigenvalue weighted by Gasteiger charge is 2.44. The van der Waals surface area contributed by atoms with Gasteiger partial charge in [0.25, 0.3) is 0 Å². The molecule has 0 atom stereocenters. The van der Waals surface area contributed by atoms with Crippen LogP contribution in [0.2, 0.25) is 0 Å². The monoisotopic (exact) mass is 282 g/mol. The average molecular weight is 282 g/mol. The van der Waals surface area contributed by atoms with Crippen molar-refractivity contribution < 1.29 is 14.7 Å². The minimum atomic E-state index is -1.08.